The fraction of sp³-hybridized carbons (Fsp3) is 0.722. The molecule has 14 nitrogen and oxygen atoms in total. The third-order valence-electron chi connectivity index (χ3n) is 10.3. The standard InChI is InChI=1S/C36H55N7O7/c1-6-11-23-17-20-43(28(23)33(47)40-25(12-7-2)29(44)34(48)39-24-15-16-24)35(49)30(36(3,4)50-5)42-32(46)27(22-13-9-8-10-14-22)41-31(45)26-21-37-18-19-38-26/h18-19,21-25,27-28,30H,6-17,20H2,1-5H3,(H,39,48)(H,40,47)(H,41,45)(H,42,46)/t23-,25-,27?,28?,30?/m0/s1. The van der Waals surface area contributed by atoms with Crippen molar-refractivity contribution >= 4 is 35.3 Å². The molecule has 14 heteroatoms. The number of methoxy groups -OCH3 is 1. The van der Waals surface area contributed by atoms with Gasteiger partial charge in [-0.3, -0.25) is 33.8 Å². The maximum Gasteiger partial charge on any atom is 0.289 e. The number of aromatic nitrogens is 2. The molecule has 3 fully saturated rings. The molecule has 1 aromatic rings. The van der Waals surface area contributed by atoms with Gasteiger partial charge in [0.25, 0.3) is 11.8 Å². The lowest BCUT2D eigenvalue weighted by Gasteiger charge is -2.39. The third-order valence-corrected chi connectivity index (χ3v) is 10.3. The molecule has 2 saturated carbocycles. The number of hydrogen-bond acceptors (Lipinski definition) is 9. The summed E-state index contributed by atoms with van der Waals surface area (Å²) < 4.78 is 5.76. The number of ketones is 1. The lowest BCUT2D eigenvalue weighted by atomic mass is 9.83. The summed E-state index contributed by atoms with van der Waals surface area (Å²) in [6.07, 6.45) is 13.0. The van der Waals surface area contributed by atoms with Crippen LogP contribution in [0.3, 0.4) is 0 Å². The number of nitrogens with one attached hydrogen (secondary N) is 4. The van der Waals surface area contributed by atoms with Crippen molar-refractivity contribution in [3.8, 4) is 0 Å². The highest BCUT2D eigenvalue weighted by Gasteiger charge is 2.48. The van der Waals surface area contributed by atoms with E-state index >= 15 is 0 Å². The smallest absolute Gasteiger partial charge is 0.289 e. The molecular formula is C36H55N7O7. The summed E-state index contributed by atoms with van der Waals surface area (Å²) in [5.41, 5.74) is -1.13. The first-order valence-electron chi connectivity index (χ1n) is 18.3. The number of carbonyl (C=O) groups is 6. The molecule has 1 saturated heterocycles. The number of carbonyl (C=O) groups excluding carboxylic acids is 6. The highest BCUT2D eigenvalue weighted by molar-refractivity contribution is 6.38. The molecule has 0 spiro atoms. The zero-order valence-corrected chi connectivity index (χ0v) is 30.2. The summed E-state index contributed by atoms with van der Waals surface area (Å²) in [5, 5.41) is 11.3. The average Bonchev–Trinajstić information content (AvgIpc) is 3.84. The van der Waals surface area contributed by atoms with E-state index in [9.17, 15) is 28.8 Å². The number of rotatable bonds is 17. The summed E-state index contributed by atoms with van der Waals surface area (Å²) >= 11 is 0. The van der Waals surface area contributed by atoms with Gasteiger partial charge in [-0.1, -0.05) is 46.0 Å². The number of amides is 5. The summed E-state index contributed by atoms with van der Waals surface area (Å²) in [5.74, 6) is -3.83. The zero-order chi connectivity index (χ0) is 36.4. The lowest BCUT2D eigenvalue weighted by Crippen LogP contribution is -2.64. The molecule has 1 aliphatic heterocycles. The third kappa shape index (κ3) is 9.85. The lowest BCUT2D eigenvalue weighted by molar-refractivity contribution is -0.150. The predicted molar refractivity (Wildman–Crippen MR) is 184 cm³/mol. The number of nitrogens with zero attached hydrogens (tertiary/aromatic N) is 3. The quantitative estimate of drug-likeness (QED) is 0.177. The van der Waals surface area contributed by atoms with Gasteiger partial charge in [-0.05, 0) is 70.6 Å². The Balaban J connectivity index is 1.58. The highest BCUT2D eigenvalue weighted by Crippen LogP contribution is 2.32. The van der Waals surface area contributed by atoms with E-state index in [2.05, 4.69) is 31.2 Å². The average molecular weight is 698 g/mol. The Morgan fingerprint density at radius 2 is 1.66 bits per heavy atom. The van der Waals surface area contributed by atoms with Gasteiger partial charge in [0.2, 0.25) is 23.5 Å². The fourth-order valence-corrected chi connectivity index (χ4v) is 7.13. The minimum absolute atomic E-state index is 0.00404. The van der Waals surface area contributed by atoms with E-state index in [0.29, 0.717) is 19.3 Å². The molecule has 0 radical (unpaired) electrons. The topological polar surface area (TPSA) is 189 Å². The molecule has 50 heavy (non-hydrogen) atoms. The van der Waals surface area contributed by atoms with Crippen molar-refractivity contribution in [1.82, 2.24) is 36.1 Å². The Bertz CT molecular complexity index is 1360. The van der Waals surface area contributed by atoms with E-state index in [1.54, 1.807) is 13.8 Å². The van der Waals surface area contributed by atoms with Crippen LogP contribution >= 0.6 is 0 Å². The Hall–Kier alpha value is -3.94. The molecule has 4 rings (SSSR count). The van der Waals surface area contributed by atoms with Gasteiger partial charge in [0, 0.05) is 32.1 Å². The van der Waals surface area contributed by atoms with Gasteiger partial charge in [0.1, 0.15) is 23.8 Å². The molecule has 2 aliphatic carbocycles. The van der Waals surface area contributed by atoms with Crippen molar-refractivity contribution in [2.45, 2.75) is 141 Å². The number of ether oxygens (including phenoxy) is 1. The van der Waals surface area contributed by atoms with Gasteiger partial charge in [0.15, 0.2) is 0 Å². The largest absolute Gasteiger partial charge is 0.376 e. The van der Waals surface area contributed by atoms with E-state index in [1.807, 2.05) is 13.8 Å². The second kappa shape index (κ2) is 17.8. The van der Waals surface area contributed by atoms with Gasteiger partial charge >= 0.3 is 0 Å². The molecule has 276 valence electrons. The minimum atomic E-state index is -1.22. The summed E-state index contributed by atoms with van der Waals surface area (Å²) in [6.45, 7) is 7.51. The predicted octanol–water partition coefficient (Wildman–Crippen LogP) is 2.21. The van der Waals surface area contributed by atoms with Crippen LogP contribution in [0.25, 0.3) is 0 Å². The zero-order valence-electron chi connectivity index (χ0n) is 30.2. The molecule has 1 aromatic heterocycles. The maximum absolute atomic E-state index is 14.6. The first-order valence-corrected chi connectivity index (χ1v) is 18.3. The second-order valence-electron chi connectivity index (χ2n) is 14.5. The fourth-order valence-electron chi connectivity index (χ4n) is 7.13. The Labute approximate surface area is 295 Å². The van der Waals surface area contributed by atoms with E-state index < -0.39 is 65.1 Å². The summed E-state index contributed by atoms with van der Waals surface area (Å²) in [7, 11) is 1.45. The molecule has 0 aromatic carbocycles. The molecule has 3 aliphatic rings. The first kappa shape index (κ1) is 38.9. The summed E-state index contributed by atoms with van der Waals surface area (Å²) in [4.78, 5) is 91.3. The molecular weight excluding hydrogens is 642 g/mol. The second-order valence-corrected chi connectivity index (χ2v) is 14.5. The molecule has 4 N–H and O–H groups in total. The van der Waals surface area contributed by atoms with Crippen LogP contribution in [0.4, 0.5) is 0 Å². The SMILES string of the molecule is CCC[C@H]1CCN(C(=O)C(NC(=O)C(NC(=O)c2cnccn2)C2CCCCC2)C(C)(C)OC)C1C(=O)N[C@@H](CCC)C(=O)C(=O)NC1CC1. The Morgan fingerprint density at radius 3 is 2.26 bits per heavy atom. The van der Waals surface area contributed by atoms with Crippen molar-refractivity contribution in [3.05, 3.63) is 24.3 Å². The van der Waals surface area contributed by atoms with Crippen LogP contribution in [-0.2, 0) is 28.7 Å². The van der Waals surface area contributed by atoms with Crippen LogP contribution in [0.2, 0.25) is 0 Å². The first-order chi connectivity index (χ1) is 23.9. The van der Waals surface area contributed by atoms with Crippen LogP contribution < -0.4 is 21.3 Å². The van der Waals surface area contributed by atoms with Crippen molar-refractivity contribution in [1.29, 1.82) is 0 Å². The molecule has 2 heterocycles. The number of hydrogen-bond donors (Lipinski definition) is 4. The van der Waals surface area contributed by atoms with E-state index in [1.165, 1.54) is 30.6 Å². The Kier molecular flexibility index (Phi) is 13.8. The van der Waals surface area contributed by atoms with E-state index in [4.69, 9.17) is 4.74 Å². The van der Waals surface area contributed by atoms with Crippen LogP contribution in [0.5, 0.6) is 0 Å². The normalized spacial score (nSPS) is 21.4. The molecule has 5 atom stereocenters. The van der Waals surface area contributed by atoms with Crippen LogP contribution in [0.1, 0.15) is 115 Å². The van der Waals surface area contributed by atoms with Crippen LogP contribution in [0, 0.1) is 11.8 Å². The van der Waals surface area contributed by atoms with Crippen molar-refractivity contribution in [2.75, 3.05) is 13.7 Å². The van der Waals surface area contributed by atoms with Gasteiger partial charge in [-0.2, -0.15) is 0 Å². The Morgan fingerprint density at radius 1 is 0.940 bits per heavy atom. The van der Waals surface area contributed by atoms with Gasteiger partial charge in [0.05, 0.1) is 17.8 Å². The van der Waals surface area contributed by atoms with Gasteiger partial charge < -0.3 is 30.9 Å². The van der Waals surface area contributed by atoms with Crippen LogP contribution in [-0.4, -0.2) is 99.7 Å². The number of likely N-dealkylation sites (tertiary alicyclic amines) is 1. The van der Waals surface area contributed by atoms with Crippen molar-refractivity contribution < 1.29 is 33.5 Å². The number of Topliss-reactive ketones (excluding diaryl/α,β-unsaturated/α-hetero) is 1. The molecule has 5 amide bonds. The van der Waals surface area contributed by atoms with Gasteiger partial charge in [-0.15, -0.1) is 0 Å². The van der Waals surface area contributed by atoms with Crippen LogP contribution in [0.15, 0.2) is 18.6 Å². The van der Waals surface area contributed by atoms with E-state index in [0.717, 1.165) is 51.4 Å². The maximum atomic E-state index is 14.6. The monoisotopic (exact) mass is 697 g/mol. The van der Waals surface area contributed by atoms with Crippen molar-refractivity contribution in [2.24, 2.45) is 11.8 Å². The van der Waals surface area contributed by atoms with Gasteiger partial charge in [-0.25, -0.2) is 4.98 Å². The minimum Gasteiger partial charge on any atom is -0.376 e. The molecule has 3 unspecified atom stereocenters. The summed E-state index contributed by atoms with van der Waals surface area (Å²) in [6, 6.07) is -4.10. The van der Waals surface area contributed by atoms with E-state index in [-0.39, 0.29) is 36.5 Å². The van der Waals surface area contributed by atoms with Crippen molar-refractivity contribution in [3.63, 3.8) is 0 Å². The molecule has 0 bridgehead atoms. The highest BCUT2D eigenvalue weighted by atomic mass is 16.5.